The van der Waals surface area contributed by atoms with Crippen LogP contribution < -0.4 is 15.0 Å². The maximum Gasteiger partial charge on any atom is 0.266 e. The van der Waals surface area contributed by atoms with Crippen molar-refractivity contribution in [3.63, 3.8) is 0 Å². The van der Waals surface area contributed by atoms with E-state index in [9.17, 15) is 10.1 Å². The summed E-state index contributed by atoms with van der Waals surface area (Å²) in [6.45, 7) is 4.04. The van der Waals surface area contributed by atoms with E-state index in [-0.39, 0.29) is 5.56 Å². The number of rotatable bonds is 4. The van der Waals surface area contributed by atoms with Gasteiger partial charge in [-0.2, -0.15) is 5.26 Å². The molecule has 0 bridgehead atoms. The molecule has 0 amide bonds. The molecule has 1 heterocycles. The molecule has 114 valence electrons. The van der Waals surface area contributed by atoms with Gasteiger partial charge in [-0.15, -0.1) is 0 Å². The van der Waals surface area contributed by atoms with Gasteiger partial charge in [0.05, 0.1) is 18.7 Å². The number of hydrogen-bond donors (Lipinski definition) is 1. The summed E-state index contributed by atoms with van der Waals surface area (Å²) in [4.78, 5) is 14.5. The number of methoxy groups -OCH3 is 1. The largest absolute Gasteiger partial charge is 0.493 e. The predicted molar refractivity (Wildman–Crippen MR) is 84.7 cm³/mol. The molecule has 0 aliphatic heterocycles. The second-order valence-electron chi connectivity index (χ2n) is 4.60. The zero-order valence-corrected chi connectivity index (χ0v) is 13.2. The first kappa shape index (κ1) is 15.9. The number of ether oxygens (including phenoxy) is 2. The number of aromatic nitrogens is 1. The second kappa shape index (κ2) is 6.54. The van der Waals surface area contributed by atoms with E-state index in [0.717, 1.165) is 0 Å². The van der Waals surface area contributed by atoms with Crippen LogP contribution in [-0.2, 0) is 0 Å². The minimum absolute atomic E-state index is 0.0351. The topological polar surface area (TPSA) is 75.1 Å². The fourth-order valence-electron chi connectivity index (χ4n) is 2.19. The van der Waals surface area contributed by atoms with E-state index in [4.69, 9.17) is 21.1 Å². The summed E-state index contributed by atoms with van der Waals surface area (Å²) >= 11 is 6.24. The number of nitriles is 1. The van der Waals surface area contributed by atoms with Gasteiger partial charge in [0.1, 0.15) is 11.6 Å². The number of pyridine rings is 1. The average molecular weight is 319 g/mol. The molecule has 1 aromatic heterocycles. The molecule has 0 aliphatic rings. The molecule has 0 fully saturated rings. The molecule has 1 N–H and O–H groups in total. The Morgan fingerprint density at radius 1 is 1.36 bits per heavy atom. The highest BCUT2D eigenvalue weighted by molar-refractivity contribution is 6.32. The van der Waals surface area contributed by atoms with Crippen molar-refractivity contribution in [3.8, 4) is 28.7 Å². The summed E-state index contributed by atoms with van der Waals surface area (Å²) in [5.41, 5.74) is 1.39. The summed E-state index contributed by atoms with van der Waals surface area (Å²) < 4.78 is 10.8. The van der Waals surface area contributed by atoms with Crippen LogP contribution in [0.2, 0.25) is 5.02 Å². The van der Waals surface area contributed by atoms with Crippen molar-refractivity contribution in [1.82, 2.24) is 4.98 Å². The van der Waals surface area contributed by atoms with Crippen molar-refractivity contribution < 1.29 is 9.47 Å². The van der Waals surface area contributed by atoms with E-state index < -0.39 is 5.56 Å². The molecule has 2 aromatic rings. The molecule has 2 rings (SSSR count). The minimum Gasteiger partial charge on any atom is -0.493 e. The Morgan fingerprint density at radius 3 is 2.68 bits per heavy atom. The lowest BCUT2D eigenvalue weighted by atomic mass is 10.0. The van der Waals surface area contributed by atoms with Crippen LogP contribution in [0.1, 0.15) is 18.2 Å². The number of H-pyrrole nitrogens is 1. The number of hydrogen-bond acceptors (Lipinski definition) is 4. The number of halogens is 1. The molecule has 6 heteroatoms. The number of aromatic amines is 1. The first-order chi connectivity index (χ1) is 10.5. The Kier molecular flexibility index (Phi) is 4.74. The lowest BCUT2D eigenvalue weighted by Crippen LogP contribution is -2.12. The van der Waals surface area contributed by atoms with Gasteiger partial charge < -0.3 is 14.5 Å². The van der Waals surface area contributed by atoms with Crippen molar-refractivity contribution in [2.75, 3.05) is 13.7 Å². The smallest absolute Gasteiger partial charge is 0.266 e. The molecule has 0 radical (unpaired) electrons. The third-order valence-corrected chi connectivity index (χ3v) is 3.39. The summed E-state index contributed by atoms with van der Waals surface area (Å²) in [7, 11) is 1.51. The number of nitrogens with one attached hydrogen (secondary N) is 1. The van der Waals surface area contributed by atoms with Crippen LogP contribution in [0, 0.1) is 18.3 Å². The van der Waals surface area contributed by atoms with Gasteiger partial charge in [0, 0.05) is 11.3 Å². The third-order valence-electron chi connectivity index (χ3n) is 3.11. The van der Waals surface area contributed by atoms with Crippen molar-refractivity contribution in [2.45, 2.75) is 13.8 Å². The van der Waals surface area contributed by atoms with Gasteiger partial charge in [0.25, 0.3) is 5.56 Å². The van der Waals surface area contributed by atoms with Gasteiger partial charge in [0.15, 0.2) is 11.5 Å². The molecular formula is C16H15ClN2O3. The van der Waals surface area contributed by atoms with E-state index in [1.807, 2.05) is 13.0 Å². The molecular weight excluding hydrogens is 304 g/mol. The molecule has 0 saturated carbocycles. The Morgan fingerprint density at radius 2 is 2.09 bits per heavy atom. The van der Waals surface area contributed by atoms with Crippen LogP contribution in [-0.4, -0.2) is 18.7 Å². The van der Waals surface area contributed by atoms with Crippen molar-refractivity contribution in [2.24, 2.45) is 0 Å². The Labute approximate surface area is 133 Å². The monoisotopic (exact) mass is 318 g/mol. The quantitative estimate of drug-likeness (QED) is 0.938. The Hall–Kier alpha value is -2.45. The maximum atomic E-state index is 11.9. The molecule has 0 atom stereocenters. The zero-order chi connectivity index (χ0) is 16.3. The highest BCUT2D eigenvalue weighted by Gasteiger charge is 2.16. The van der Waals surface area contributed by atoms with Crippen molar-refractivity contribution in [3.05, 3.63) is 44.8 Å². The first-order valence-electron chi connectivity index (χ1n) is 6.66. The van der Waals surface area contributed by atoms with Gasteiger partial charge in [-0.25, -0.2) is 0 Å². The van der Waals surface area contributed by atoms with E-state index >= 15 is 0 Å². The molecule has 0 aliphatic carbocycles. The summed E-state index contributed by atoms with van der Waals surface area (Å²) in [5.74, 6) is 0.890. The van der Waals surface area contributed by atoms with Crippen LogP contribution in [0.3, 0.4) is 0 Å². The van der Waals surface area contributed by atoms with Crippen molar-refractivity contribution >= 4 is 11.6 Å². The minimum atomic E-state index is -0.429. The zero-order valence-electron chi connectivity index (χ0n) is 12.5. The molecule has 0 saturated heterocycles. The van der Waals surface area contributed by atoms with Crippen LogP contribution in [0.15, 0.2) is 23.0 Å². The van der Waals surface area contributed by atoms with Crippen LogP contribution in [0.4, 0.5) is 0 Å². The maximum absolute atomic E-state index is 11.9. The van der Waals surface area contributed by atoms with Gasteiger partial charge in [0.2, 0.25) is 0 Å². The Balaban J connectivity index is 2.72. The van der Waals surface area contributed by atoms with Crippen molar-refractivity contribution in [1.29, 1.82) is 5.26 Å². The number of nitrogens with zero attached hydrogens (tertiary/aromatic N) is 1. The molecule has 0 spiro atoms. The highest BCUT2D eigenvalue weighted by atomic mass is 35.5. The lowest BCUT2D eigenvalue weighted by molar-refractivity contribution is 0.311. The molecule has 0 unspecified atom stereocenters. The normalized spacial score (nSPS) is 10.1. The second-order valence-corrected chi connectivity index (χ2v) is 5.01. The van der Waals surface area contributed by atoms with E-state index in [1.54, 1.807) is 25.1 Å². The standard InChI is InChI=1S/C16H15ClN2O3/c1-4-22-15-13(17)6-10(7-14(15)21-3)11-5-9(2)19-16(20)12(11)8-18/h5-7H,4H2,1-3H3,(H,19,20). The fourth-order valence-corrected chi connectivity index (χ4v) is 2.45. The SMILES string of the molecule is CCOc1c(Cl)cc(-c2cc(C)[nH]c(=O)c2C#N)cc1OC. The number of aryl methyl sites for hydroxylation is 1. The van der Waals surface area contributed by atoms with E-state index in [2.05, 4.69) is 4.98 Å². The van der Waals surface area contributed by atoms with E-state index in [0.29, 0.717) is 39.9 Å². The lowest BCUT2D eigenvalue weighted by Gasteiger charge is -2.14. The van der Waals surface area contributed by atoms with Gasteiger partial charge in [-0.1, -0.05) is 11.6 Å². The van der Waals surface area contributed by atoms with Gasteiger partial charge in [-0.05, 0) is 37.6 Å². The average Bonchev–Trinajstić information content (AvgIpc) is 2.48. The fraction of sp³-hybridized carbons (Fsp3) is 0.250. The van der Waals surface area contributed by atoms with Crippen LogP contribution in [0.5, 0.6) is 11.5 Å². The van der Waals surface area contributed by atoms with Gasteiger partial charge in [-0.3, -0.25) is 4.79 Å². The molecule has 5 nitrogen and oxygen atoms in total. The first-order valence-corrected chi connectivity index (χ1v) is 7.04. The van der Waals surface area contributed by atoms with Crippen LogP contribution >= 0.6 is 11.6 Å². The number of benzene rings is 1. The predicted octanol–water partition coefficient (Wildman–Crippen LogP) is 3.28. The molecule has 1 aromatic carbocycles. The van der Waals surface area contributed by atoms with E-state index in [1.165, 1.54) is 7.11 Å². The van der Waals surface area contributed by atoms with Gasteiger partial charge >= 0.3 is 0 Å². The third kappa shape index (κ3) is 2.92. The Bertz CT molecular complexity index is 806. The summed E-state index contributed by atoms with van der Waals surface area (Å²) in [5, 5.41) is 9.59. The summed E-state index contributed by atoms with van der Waals surface area (Å²) in [6, 6.07) is 7.01. The molecule has 22 heavy (non-hydrogen) atoms. The van der Waals surface area contributed by atoms with Crippen LogP contribution in [0.25, 0.3) is 11.1 Å². The summed E-state index contributed by atoms with van der Waals surface area (Å²) in [6.07, 6.45) is 0. The highest BCUT2D eigenvalue weighted by Crippen LogP contribution is 2.39.